The number of ether oxygens (including phenoxy) is 2. The monoisotopic (exact) mass is 508 g/mol. The highest BCUT2D eigenvalue weighted by atomic mass is 19.4. The smallest absolute Gasteiger partial charge is 0.433 e. The van der Waals surface area contributed by atoms with E-state index >= 15 is 0 Å². The summed E-state index contributed by atoms with van der Waals surface area (Å²) >= 11 is 0. The lowest BCUT2D eigenvalue weighted by atomic mass is 10.1. The molecule has 1 aliphatic heterocycles. The second-order valence-corrected chi connectivity index (χ2v) is 8.23. The Morgan fingerprint density at radius 3 is 2.35 bits per heavy atom. The van der Waals surface area contributed by atoms with Crippen LogP contribution in [0.1, 0.15) is 32.1 Å². The summed E-state index contributed by atoms with van der Waals surface area (Å²) in [6.07, 6.45) is -3.10. The number of rotatable bonds is 4. The van der Waals surface area contributed by atoms with Gasteiger partial charge in [0.25, 0.3) is 11.8 Å². The lowest BCUT2D eigenvalue weighted by Crippen LogP contribution is -2.17. The fourth-order valence-corrected chi connectivity index (χ4v) is 3.74. The summed E-state index contributed by atoms with van der Waals surface area (Å²) in [5.74, 6) is 0.145. The first-order valence-corrected chi connectivity index (χ1v) is 11.1. The fourth-order valence-electron chi connectivity index (χ4n) is 3.74. The van der Waals surface area contributed by atoms with Crippen LogP contribution in [0.3, 0.4) is 0 Å². The van der Waals surface area contributed by atoms with Crippen molar-refractivity contribution in [3.63, 3.8) is 0 Å². The van der Waals surface area contributed by atoms with Crippen molar-refractivity contribution in [2.75, 3.05) is 23.8 Å². The van der Waals surface area contributed by atoms with E-state index in [1.807, 2.05) is 0 Å². The minimum Gasteiger partial charge on any atom is -0.486 e. The predicted molar refractivity (Wildman–Crippen MR) is 129 cm³/mol. The summed E-state index contributed by atoms with van der Waals surface area (Å²) in [7, 11) is 0. The van der Waals surface area contributed by atoms with Crippen LogP contribution < -0.4 is 20.1 Å². The maximum atomic E-state index is 12.9. The van der Waals surface area contributed by atoms with E-state index in [0.717, 1.165) is 6.07 Å². The highest BCUT2D eigenvalue weighted by molar-refractivity contribution is 6.07. The molecule has 0 bridgehead atoms. The van der Waals surface area contributed by atoms with Crippen molar-refractivity contribution in [1.29, 1.82) is 0 Å². The molecule has 2 amide bonds. The van der Waals surface area contributed by atoms with Crippen molar-refractivity contribution in [1.82, 2.24) is 9.97 Å². The zero-order chi connectivity index (χ0) is 26.2. The molecule has 188 valence electrons. The zero-order valence-corrected chi connectivity index (χ0v) is 19.3. The molecule has 8 nitrogen and oxygen atoms in total. The van der Waals surface area contributed by atoms with Crippen LogP contribution in [-0.4, -0.2) is 35.0 Å². The van der Waals surface area contributed by atoms with E-state index in [0.29, 0.717) is 52.7 Å². The number of hydrogen-bond donors (Lipinski definition) is 2. The van der Waals surface area contributed by atoms with Crippen molar-refractivity contribution in [2.24, 2.45) is 0 Å². The van der Waals surface area contributed by atoms with E-state index in [-0.39, 0.29) is 11.1 Å². The fraction of sp³-hybridized carbons (Fsp3) is 0.154. The molecule has 11 heteroatoms. The van der Waals surface area contributed by atoms with Crippen LogP contribution in [0.4, 0.5) is 24.5 Å². The molecule has 3 heterocycles. The molecule has 5 rings (SSSR count). The van der Waals surface area contributed by atoms with Gasteiger partial charge < -0.3 is 20.1 Å². The molecule has 0 saturated carbocycles. The Kier molecular flexibility index (Phi) is 6.12. The summed E-state index contributed by atoms with van der Waals surface area (Å²) in [6.45, 7) is 2.52. The normalized spacial score (nSPS) is 12.8. The third-order valence-corrected chi connectivity index (χ3v) is 5.64. The highest BCUT2D eigenvalue weighted by Gasteiger charge is 2.32. The molecule has 0 radical (unpaired) electrons. The molecule has 2 aromatic carbocycles. The number of carbonyl (C=O) groups is 2. The first-order valence-electron chi connectivity index (χ1n) is 11.1. The van der Waals surface area contributed by atoms with Gasteiger partial charge in [-0.2, -0.15) is 13.2 Å². The zero-order valence-electron chi connectivity index (χ0n) is 19.3. The van der Waals surface area contributed by atoms with Gasteiger partial charge in [-0.1, -0.05) is 6.07 Å². The summed E-state index contributed by atoms with van der Waals surface area (Å²) < 4.78 is 49.7. The van der Waals surface area contributed by atoms with Gasteiger partial charge in [0.1, 0.15) is 18.9 Å². The molecule has 0 unspecified atom stereocenters. The van der Waals surface area contributed by atoms with Gasteiger partial charge in [-0.05, 0) is 55.5 Å². The summed E-state index contributed by atoms with van der Waals surface area (Å²) in [4.78, 5) is 33.5. The minimum atomic E-state index is -4.56. The maximum absolute atomic E-state index is 12.9. The number of pyridine rings is 2. The van der Waals surface area contributed by atoms with Gasteiger partial charge in [-0.3, -0.25) is 14.6 Å². The van der Waals surface area contributed by atoms with E-state index in [2.05, 4.69) is 20.6 Å². The van der Waals surface area contributed by atoms with Crippen molar-refractivity contribution in [2.45, 2.75) is 13.1 Å². The number of hydrogen-bond acceptors (Lipinski definition) is 6. The molecule has 2 aromatic heterocycles. The van der Waals surface area contributed by atoms with Gasteiger partial charge in [0.2, 0.25) is 0 Å². The van der Waals surface area contributed by atoms with Gasteiger partial charge in [0.15, 0.2) is 11.5 Å². The Morgan fingerprint density at radius 1 is 0.865 bits per heavy atom. The lowest BCUT2D eigenvalue weighted by Gasteiger charge is -2.18. The van der Waals surface area contributed by atoms with Crippen molar-refractivity contribution < 1.29 is 32.2 Å². The number of benzene rings is 2. The lowest BCUT2D eigenvalue weighted by molar-refractivity contribution is -0.140. The van der Waals surface area contributed by atoms with E-state index in [1.165, 1.54) is 30.5 Å². The molecule has 4 aromatic rings. The number of amides is 2. The summed E-state index contributed by atoms with van der Waals surface area (Å²) in [5, 5.41) is 5.85. The van der Waals surface area contributed by atoms with Crippen LogP contribution in [0.2, 0.25) is 0 Å². The van der Waals surface area contributed by atoms with Crippen molar-refractivity contribution in [3.8, 4) is 11.5 Å². The molecule has 2 N–H and O–H groups in total. The number of carbonyl (C=O) groups excluding carboxylic acids is 2. The number of anilines is 2. The van der Waals surface area contributed by atoms with Gasteiger partial charge in [0, 0.05) is 16.5 Å². The minimum absolute atomic E-state index is 0.119. The maximum Gasteiger partial charge on any atom is 0.433 e. The van der Waals surface area contributed by atoms with Gasteiger partial charge in [-0.15, -0.1) is 0 Å². The Balaban J connectivity index is 1.32. The summed E-state index contributed by atoms with van der Waals surface area (Å²) in [6, 6.07) is 12.7. The molecule has 0 aliphatic carbocycles. The molecule has 0 fully saturated rings. The average molecular weight is 508 g/mol. The Labute approximate surface area is 208 Å². The number of alkyl halides is 3. The first kappa shape index (κ1) is 24.0. The van der Waals surface area contributed by atoms with Crippen molar-refractivity contribution >= 4 is 34.1 Å². The van der Waals surface area contributed by atoms with Gasteiger partial charge in [-0.25, -0.2) is 4.98 Å². The third kappa shape index (κ3) is 5.15. The topological polar surface area (TPSA) is 102 Å². The van der Waals surface area contributed by atoms with Crippen LogP contribution in [-0.2, 0) is 6.18 Å². The molecule has 37 heavy (non-hydrogen) atoms. The van der Waals surface area contributed by atoms with Crippen LogP contribution in [0.15, 0.2) is 60.8 Å². The molecule has 1 aliphatic rings. The quantitative estimate of drug-likeness (QED) is 0.391. The Hall–Kier alpha value is -4.67. The van der Waals surface area contributed by atoms with Crippen LogP contribution in [0.5, 0.6) is 11.5 Å². The van der Waals surface area contributed by atoms with E-state index in [4.69, 9.17) is 9.47 Å². The second-order valence-electron chi connectivity index (χ2n) is 8.23. The van der Waals surface area contributed by atoms with Crippen LogP contribution >= 0.6 is 0 Å². The molecule has 0 saturated heterocycles. The van der Waals surface area contributed by atoms with E-state index < -0.39 is 23.7 Å². The standard InChI is InChI=1S/C26H19F3N4O4/c1-14-20(33-25(35)16-2-5-19-15(10-16)4-7-23(32-19)26(27,28)29)12-18(13-30-14)31-24(34)17-3-6-21-22(11-17)37-9-8-36-21/h2-7,10-13H,8-9H2,1H3,(H,31,34)(H,33,35). The number of aryl methyl sites for hydroxylation is 1. The first-order chi connectivity index (χ1) is 17.7. The van der Waals surface area contributed by atoms with Gasteiger partial charge in [0.05, 0.1) is 28.8 Å². The van der Waals surface area contributed by atoms with Crippen LogP contribution in [0.25, 0.3) is 10.9 Å². The average Bonchev–Trinajstić information content (AvgIpc) is 2.89. The van der Waals surface area contributed by atoms with E-state index in [9.17, 15) is 22.8 Å². The molecular formula is C26H19F3N4O4. The molecule has 0 spiro atoms. The molecular weight excluding hydrogens is 489 g/mol. The highest BCUT2D eigenvalue weighted by Crippen LogP contribution is 2.31. The molecule has 0 atom stereocenters. The van der Waals surface area contributed by atoms with E-state index in [1.54, 1.807) is 31.2 Å². The number of fused-ring (bicyclic) bond motifs is 2. The second kappa shape index (κ2) is 9.41. The van der Waals surface area contributed by atoms with Gasteiger partial charge >= 0.3 is 6.18 Å². The van der Waals surface area contributed by atoms with Crippen molar-refractivity contribution in [3.05, 3.63) is 83.3 Å². The Bertz CT molecular complexity index is 1540. The Morgan fingerprint density at radius 2 is 1.57 bits per heavy atom. The number of halogens is 3. The SMILES string of the molecule is Cc1ncc(NC(=O)c2ccc3c(c2)OCCO3)cc1NC(=O)c1ccc2nc(C(F)(F)F)ccc2c1. The largest absolute Gasteiger partial charge is 0.486 e. The number of nitrogens with zero attached hydrogens (tertiary/aromatic N) is 2. The third-order valence-electron chi connectivity index (χ3n) is 5.64. The number of aromatic nitrogens is 2. The number of nitrogens with one attached hydrogen (secondary N) is 2. The summed E-state index contributed by atoms with van der Waals surface area (Å²) in [5.41, 5.74) is 0.900. The van der Waals surface area contributed by atoms with Crippen LogP contribution in [0, 0.1) is 6.92 Å². The predicted octanol–water partition coefficient (Wildman–Crippen LogP) is 5.23.